The molecule has 0 bridgehead atoms. The van der Waals surface area contributed by atoms with Crippen molar-refractivity contribution in [2.75, 3.05) is 7.11 Å². The average Bonchev–Trinajstić information content (AvgIpc) is 2.33. The van der Waals surface area contributed by atoms with Gasteiger partial charge in [-0.1, -0.05) is 6.07 Å². The van der Waals surface area contributed by atoms with Gasteiger partial charge >= 0.3 is 0 Å². The lowest BCUT2D eigenvalue weighted by molar-refractivity contribution is 0.415. The van der Waals surface area contributed by atoms with Crippen LogP contribution in [0.1, 0.15) is 16.7 Å². The molecule has 0 saturated heterocycles. The third kappa shape index (κ3) is 1.51. The molecule has 0 fully saturated rings. The van der Waals surface area contributed by atoms with Crippen LogP contribution in [0, 0.1) is 25.2 Å². The molecule has 2 nitrogen and oxygen atoms in total. The first-order valence-corrected chi connectivity index (χ1v) is 5.15. The van der Waals surface area contributed by atoms with Crippen LogP contribution in [0.5, 0.6) is 5.75 Å². The molecule has 0 aliphatic heterocycles. The van der Waals surface area contributed by atoms with Crippen LogP contribution in [0.25, 0.3) is 10.8 Å². The Morgan fingerprint density at radius 2 is 1.88 bits per heavy atom. The van der Waals surface area contributed by atoms with Crippen molar-refractivity contribution < 1.29 is 4.74 Å². The van der Waals surface area contributed by atoms with E-state index in [0.29, 0.717) is 0 Å². The Kier molecular flexibility index (Phi) is 2.54. The summed E-state index contributed by atoms with van der Waals surface area (Å²) in [5, 5.41) is 11.3. The zero-order chi connectivity index (χ0) is 11.7. The maximum atomic E-state index is 9.05. The molecule has 0 aliphatic carbocycles. The van der Waals surface area contributed by atoms with Gasteiger partial charge in [-0.05, 0) is 53.9 Å². The third-order valence-electron chi connectivity index (χ3n) is 2.94. The van der Waals surface area contributed by atoms with Crippen LogP contribution in [-0.2, 0) is 0 Å². The van der Waals surface area contributed by atoms with E-state index < -0.39 is 0 Å². The van der Waals surface area contributed by atoms with Crippen LogP contribution in [0.4, 0.5) is 0 Å². The van der Waals surface area contributed by atoms with Crippen molar-refractivity contribution in [1.29, 1.82) is 5.26 Å². The molecule has 0 N–H and O–H groups in total. The second kappa shape index (κ2) is 3.86. The van der Waals surface area contributed by atoms with Crippen molar-refractivity contribution in [1.82, 2.24) is 0 Å². The monoisotopic (exact) mass is 211 g/mol. The fraction of sp³-hybridized carbons (Fsp3) is 0.214. The third-order valence-corrected chi connectivity index (χ3v) is 2.94. The van der Waals surface area contributed by atoms with Gasteiger partial charge in [-0.3, -0.25) is 0 Å². The van der Waals surface area contributed by atoms with Crippen molar-refractivity contribution >= 4 is 10.8 Å². The van der Waals surface area contributed by atoms with E-state index in [-0.39, 0.29) is 0 Å². The summed E-state index contributed by atoms with van der Waals surface area (Å²) < 4.78 is 5.21. The summed E-state index contributed by atoms with van der Waals surface area (Å²) in [6, 6.07) is 10.1. The molecule has 0 amide bonds. The maximum Gasteiger partial charge on any atom is 0.119 e. The van der Waals surface area contributed by atoms with Crippen molar-refractivity contribution in [2.24, 2.45) is 0 Å². The van der Waals surface area contributed by atoms with Gasteiger partial charge in [0.25, 0.3) is 0 Å². The number of methoxy groups -OCH3 is 1. The summed E-state index contributed by atoms with van der Waals surface area (Å²) in [4.78, 5) is 0. The first-order chi connectivity index (χ1) is 7.67. The number of rotatable bonds is 1. The highest BCUT2D eigenvalue weighted by Crippen LogP contribution is 2.28. The highest BCUT2D eigenvalue weighted by Gasteiger charge is 2.07. The van der Waals surface area contributed by atoms with Gasteiger partial charge in [0.2, 0.25) is 0 Å². The quantitative estimate of drug-likeness (QED) is 0.724. The Balaban J connectivity index is 2.87. The molecule has 2 aromatic carbocycles. The molecule has 0 heterocycles. The lowest BCUT2D eigenvalue weighted by Gasteiger charge is -2.09. The molecule has 0 aliphatic rings. The van der Waals surface area contributed by atoms with Gasteiger partial charge in [0.1, 0.15) is 5.75 Å². The number of ether oxygens (including phenoxy) is 1. The Hall–Kier alpha value is -2.01. The Morgan fingerprint density at radius 3 is 2.50 bits per heavy atom. The van der Waals surface area contributed by atoms with Gasteiger partial charge < -0.3 is 4.74 Å². The molecule has 2 aromatic rings. The van der Waals surface area contributed by atoms with Crippen LogP contribution < -0.4 is 4.74 Å². The minimum Gasteiger partial charge on any atom is -0.497 e. The van der Waals surface area contributed by atoms with Gasteiger partial charge in [-0.2, -0.15) is 5.26 Å². The second-order valence-corrected chi connectivity index (χ2v) is 3.89. The van der Waals surface area contributed by atoms with Gasteiger partial charge in [0.05, 0.1) is 18.7 Å². The Labute approximate surface area is 95.1 Å². The van der Waals surface area contributed by atoms with E-state index in [1.807, 2.05) is 38.1 Å². The number of hydrogen-bond acceptors (Lipinski definition) is 2. The van der Waals surface area contributed by atoms with Crippen molar-refractivity contribution in [3.8, 4) is 11.8 Å². The van der Waals surface area contributed by atoms with E-state index in [1.165, 1.54) is 5.39 Å². The van der Waals surface area contributed by atoms with Crippen LogP contribution >= 0.6 is 0 Å². The van der Waals surface area contributed by atoms with Crippen LogP contribution in [0.15, 0.2) is 24.3 Å². The zero-order valence-electron chi connectivity index (χ0n) is 9.66. The lowest BCUT2D eigenvalue weighted by Crippen LogP contribution is -1.90. The fourth-order valence-electron chi connectivity index (χ4n) is 1.97. The molecular formula is C14H13NO. The highest BCUT2D eigenvalue weighted by molar-refractivity contribution is 5.91. The van der Waals surface area contributed by atoms with E-state index in [9.17, 15) is 0 Å². The fourth-order valence-corrected chi connectivity index (χ4v) is 1.97. The van der Waals surface area contributed by atoms with E-state index in [4.69, 9.17) is 10.00 Å². The standard InChI is InChI=1S/C14H13NO/c1-9-6-11(8-15)10(2)14-7-12(16-3)4-5-13(9)14/h4-7H,1-3H3. The molecule has 0 atom stereocenters. The largest absolute Gasteiger partial charge is 0.497 e. The first kappa shape index (κ1) is 10.5. The minimum absolute atomic E-state index is 0.734. The number of nitrogens with zero attached hydrogens (tertiary/aromatic N) is 1. The summed E-state index contributed by atoms with van der Waals surface area (Å²) in [6.07, 6.45) is 0. The van der Waals surface area contributed by atoms with E-state index in [2.05, 4.69) is 6.07 Å². The number of hydrogen-bond donors (Lipinski definition) is 0. The summed E-state index contributed by atoms with van der Waals surface area (Å²) in [5.74, 6) is 0.824. The van der Waals surface area contributed by atoms with Gasteiger partial charge in [-0.25, -0.2) is 0 Å². The number of aryl methyl sites for hydroxylation is 2. The normalized spacial score (nSPS) is 10.1. The molecule has 0 spiro atoms. The second-order valence-electron chi connectivity index (χ2n) is 3.89. The molecule has 80 valence electrons. The Morgan fingerprint density at radius 1 is 1.12 bits per heavy atom. The SMILES string of the molecule is COc1ccc2c(C)cc(C#N)c(C)c2c1. The summed E-state index contributed by atoms with van der Waals surface area (Å²) in [6.45, 7) is 3.99. The van der Waals surface area contributed by atoms with Crippen molar-refractivity contribution in [2.45, 2.75) is 13.8 Å². The maximum absolute atomic E-state index is 9.05. The van der Waals surface area contributed by atoms with Gasteiger partial charge in [-0.15, -0.1) is 0 Å². The van der Waals surface area contributed by atoms with Crippen LogP contribution in [0.2, 0.25) is 0 Å². The summed E-state index contributed by atoms with van der Waals surface area (Å²) >= 11 is 0. The van der Waals surface area contributed by atoms with Crippen LogP contribution in [0.3, 0.4) is 0 Å². The number of nitriles is 1. The van der Waals surface area contributed by atoms with Gasteiger partial charge in [0, 0.05) is 0 Å². The van der Waals surface area contributed by atoms with Crippen LogP contribution in [-0.4, -0.2) is 7.11 Å². The Bertz CT molecular complexity index is 594. The van der Waals surface area contributed by atoms with E-state index in [0.717, 1.165) is 27.8 Å². The molecular weight excluding hydrogens is 198 g/mol. The summed E-state index contributed by atoms with van der Waals surface area (Å²) in [5.41, 5.74) is 2.88. The molecule has 0 unspecified atom stereocenters. The van der Waals surface area contributed by atoms with Crippen molar-refractivity contribution in [3.63, 3.8) is 0 Å². The molecule has 0 radical (unpaired) electrons. The highest BCUT2D eigenvalue weighted by atomic mass is 16.5. The topological polar surface area (TPSA) is 33.0 Å². The predicted octanol–water partition coefficient (Wildman–Crippen LogP) is 3.34. The molecule has 0 saturated carbocycles. The zero-order valence-corrected chi connectivity index (χ0v) is 9.66. The predicted molar refractivity (Wildman–Crippen MR) is 64.7 cm³/mol. The minimum atomic E-state index is 0.734. The van der Waals surface area contributed by atoms with Crippen molar-refractivity contribution in [3.05, 3.63) is 41.0 Å². The molecule has 2 rings (SSSR count). The summed E-state index contributed by atoms with van der Waals surface area (Å²) in [7, 11) is 1.65. The van der Waals surface area contributed by atoms with E-state index >= 15 is 0 Å². The van der Waals surface area contributed by atoms with E-state index in [1.54, 1.807) is 7.11 Å². The molecule has 16 heavy (non-hydrogen) atoms. The molecule has 0 aromatic heterocycles. The number of fused-ring (bicyclic) bond motifs is 1. The molecule has 2 heteroatoms. The first-order valence-electron chi connectivity index (χ1n) is 5.15. The average molecular weight is 211 g/mol. The number of benzene rings is 2. The smallest absolute Gasteiger partial charge is 0.119 e. The lowest BCUT2D eigenvalue weighted by atomic mass is 9.96. The van der Waals surface area contributed by atoms with Gasteiger partial charge in [0.15, 0.2) is 0 Å².